The lowest BCUT2D eigenvalue weighted by molar-refractivity contribution is 0.622. The highest BCUT2D eigenvalue weighted by atomic mass is 19.1. The Labute approximate surface area is 106 Å². The Morgan fingerprint density at radius 2 is 1.94 bits per heavy atom. The van der Waals surface area contributed by atoms with E-state index in [1.54, 1.807) is 0 Å². The first-order chi connectivity index (χ1) is 8.66. The van der Waals surface area contributed by atoms with Crippen LogP contribution >= 0.6 is 0 Å². The number of aryl methyl sites for hydroxylation is 1. The number of hydrogen-bond donors (Lipinski definition) is 1. The summed E-state index contributed by atoms with van der Waals surface area (Å²) in [6.07, 6.45) is 0.872. The van der Waals surface area contributed by atoms with Gasteiger partial charge >= 0.3 is 0 Å². The van der Waals surface area contributed by atoms with Crippen molar-refractivity contribution in [1.29, 1.82) is 0 Å². The fraction of sp³-hybridized carbons (Fsp3) is 0.385. The summed E-state index contributed by atoms with van der Waals surface area (Å²) in [6, 6.07) is 6.59. The van der Waals surface area contributed by atoms with Crippen molar-refractivity contribution >= 4 is 0 Å². The molecule has 0 radical (unpaired) electrons. The molecule has 2 aromatic rings. The molecule has 1 aromatic heterocycles. The van der Waals surface area contributed by atoms with Gasteiger partial charge in [0.1, 0.15) is 17.5 Å². The molecule has 0 saturated heterocycles. The summed E-state index contributed by atoms with van der Waals surface area (Å²) in [7, 11) is 1.95. The minimum absolute atomic E-state index is 0.193. The van der Waals surface area contributed by atoms with Gasteiger partial charge in [-0.25, -0.2) is 4.39 Å². The van der Waals surface area contributed by atoms with Gasteiger partial charge in [0.2, 0.25) is 0 Å². The van der Waals surface area contributed by atoms with E-state index >= 15 is 0 Å². The van der Waals surface area contributed by atoms with Crippen molar-refractivity contribution in [3.8, 4) is 0 Å². The van der Waals surface area contributed by atoms with Crippen molar-refractivity contribution in [2.75, 3.05) is 6.54 Å². The zero-order chi connectivity index (χ0) is 13.0. The van der Waals surface area contributed by atoms with Crippen molar-refractivity contribution < 1.29 is 4.39 Å². The second-order valence-corrected chi connectivity index (χ2v) is 4.28. The van der Waals surface area contributed by atoms with E-state index in [0.717, 1.165) is 30.2 Å². The molecule has 0 aliphatic carbocycles. The fourth-order valence-corrected chi connectivity index (χ4v) is 1.69. The van der Waals surface area contributed by atoms with Gasteiger partial charge in [-0.15, -0.1) is 10.2 Å². The largest absolute Gasteiger partial charge is 0.317 e. The highest BCUT2D eigenvalue weighted by molar-refractivity contribution is 5.16. The van der Waals surface area contributed by atoms with Gasteiger partial charge in [0, 0.05) is 7.05 Å². The van der Waals surface area contributed by atoms with Crippen LogP contribution in [0.4, 0.5) is 4.39 Å². The first-order valence-corrected chi connectivity index (χ1v) is 5.97. The van der Waals surface area contributed by atoms with Crippen molar-refractivity contribution in [3.05, 3.63) is 47.3 Å². The van der Waals surface area contributed by atoms with Crippen LogP contribution in [0.3, 0.4) is 0 Å². The Bertz CT molecular complexity index is 504. The number of nitrogens with zero attached hydrogens (tertiary/aromatic N) is 3. The van der Waals surface area contributed by atoms with Gasteiger partial charge < -0.3 is 9.88 Å². The molecule has 0 atom stereocenters. The molecule has 0 unspecified atom stereocenters. The molecular formula is C13H17FN4. The first-order valence-electron chi connectivity index (χ1n) is 5.97. The van der Waals surface area contributed by atoms with Crippen molar-refractivity contribution in [3.63, 3.8) is 0 Å². The lowest BCUT2D eigenvalue weighted by Crippen LogP contribution is -2.19. The van der Waals surface area contributed by atoms with E-state index in [1.165, 1.54) is 12.1 Å². The fourth-order valence-electron chi connectivity index (χ4n) is 1.69. The Morgan fingerprint density at radius 1 is 1.22 bits per heavy atom. The highest BCUT2D eigenvalue weighted by Gasteiger charge is 2.03. The SMILES string of the molecule is Cc1nnc(CNCCc2ccc(F)cc2)n1C. The maximum Gasteiger partial charge on any atom is 0.146 e. The van der Waals surface area contributed by atoms with Crippen LogP contribution in [-0.4, -0.2) is 21.3 Å². The molecule has 0 aliphatic rings. The van der Waals surface area contributed by atoms with Gasteiger partial charge in [-0.05, 0) is 37.6 Å². The Hall–Kier alpha value is -1.75. The van der Waals surface area contributed by atoms with Crippen LogP contribution in [-0.2, 0) is 20.0 Å². The zero-order valence-corrected chi connectivity index (χ0v) is 10.7. The third-order valence-corrected chi connectivity index (χ3v) is 2.97. The predicted octanol–water partition coefficient (Wildman–Crippen LogP) is 1.59. The van der Waals surface area contributed by atoms with Crippen LogP contribution in [0.1, 0.15) is 17.2 Å². The monoisotopic (exact) mass is 248 g/mol. The van der Waals surface area contributed by atoms with Gasteiger partial charge in [0.25, 0.3) is 0 Å². The summed E-state index contributed by atoms with van der Waals surface area (Å²) in [4.78, 5) is 0. The number of nitrogens with one attached hydrogen (secondary N) is 1. The van der Waals surface area contributed by atoms with Gasteiger partial charge in [-0.2, -0.15) is 0 Å². The number of hydrogen-bond acceptors (Lipinski definition) is 3. The summed E-state index contributed by atoms with van der Waals surface area (Å²) in [6.45, 7) is 3.45. The van der Waals surface area contributed by atoms with Crippen molar-refractivity contribution in [2.24, 2.45) is 7.05 Å². The Morgan fingerprint density at radius 3 is 2.56 bits per heavy atom. The number of halogens is 1. The molecule has 18 heavy (non-hydrogen) atoms. The van der Waals surface area contributed by atoms with E-state index in [9.17, 15) is 4.39 Å². The molecular weight excluding hydrogens is 231 g/mol. The second kappa shape index (κ2) is 5.73. The lowest BCUT2D eigenvalue weighted by atomic mass is 10.1. The highest BCUT2D eigenvalue weighted by Crippen LogP contribution is 2.03. The van der Waals surface area contributed by atoms with Crippen LogP contribution in [0.15, 0.2) is 24.3 Å². The van der Waals surface area contributed by atoms with E-state index < -0.39 is 0 Å². The molecule has 96 valence electrons. The standard InChI is InChI=1S/C13H17FN4/c1-10-16-17-13(18(10)2)9-15-8-7-11-3-5-12(14)6-4-11/h3-6,15H,7-9H2,1-2H3. The predicted molar refractivity (Wildman–Crippen MR) is 67.6 cm³/mol. The van der Waals surface area contributed by atoms with Crippen molar-refractivity contribution in [2.45, 2.75) is 19.9 Å². The smallest absolute Gasteiger partial charge is 0.146 e. The minimum atomic E-state index is -0.193. The Balaban J connectivity index is 1.76. The third-order valence-electron chi connectivity index (χ3n) is 2.97. The average Bonchev–Trinajstić information content (AvgIpc) is 2.68. The molecule has 0 fully saturated rings. The molecule has 1 aromatic carbocycles. The van der Waals surface area contributed by atoms with Gasteiger partial charge in [-0.3, -0.25) is 0 Å². The topological polar surface area (TPSA) is 42.7 Å². The molecule has 5 heteroatoms. The number of rotatable bonds is 5. The van der Waals surface area contributed by atoms with E-state index in [4.69, 9.17) is 0 Å². The molecule has 2 rings (SSSR count). The van der Waals surface area contributed by atoms with E-state index in [0.29, 0.717) is 6.54 Å². The molecule has 0 saturated carbocycles. The molecule has 1 heterocycles. The lowest BCUT2D eigenvalue weighted by Gasteiger charge is -2.05. The van der Waals surface area contributed by atoms with E-state index in [-0.39, 0.29) is 5.82 Å². The van der Waals surface area contributed by atoms with Crippen LogP contribution in [0.25, 0.3) is 0 Å². The van der Waals surface area contributed by atoms with Crippen LogP contribution in [0, 0.1) is 12.7 Å². The van der Waals surface area contributed by atoms with Gasteiger partial charge in [-0.1, -0.05) is 12.1 Å². The molecule has 1 N–H and O–H groups in total. The Kier molecular flexibility index (Phi) is 4.04. The second-order valence-electron chi connectivity index (χ2n) is 4.28. The molecule has 0 bridgehead atoms. The molecule has 0 amide bonds. The summed E-state index contributed by atoms with van der Waals surface area (Å²) < 4.78 is 14.7. The normalized spacial score (nSPS) is 10.8. The van der Waals surface area contributed by atoms with Crippen LogP contribution < -0.4 is 5.32 Å². The quantitative estimate of drug-likeness (QED) is 0.817. The van der Waals surface area contributed by atoms with Crippen LogP contribution in [0.2, 0.25) is 0 Å². The summed E-state index contributed by atoms with van der Waals surface area (Å²) in [5.74, 6) is 1.64. The molecule has 0 spiro atoms. The number of aromatic nitrogens is 3. The summed E-state index contributed by atoms with van der Waals surface area (Å²) >= 11 is 0. The first kappa shape index (κ1) is 12.7. The maximum atomic E-state index is 12.7. The third kappa shape index (κ3) is 3.13. The van der Waals surface area contributed by atoms with E-state index in [1.807, 2.05) is 30.7 Å². The summed E-state index contributed by atoms with van der Waals surface area (Å²) in [5, 5.41) is 11.4. The van der Waals surface area contributed by atoms with Gasteiger partial charge in [0.05, 0.1) is 6.54 Å². The van der Waals surface area contributed by atoms with E-state index in [2.05, 4.69) is 15.5 Å². The molecule has 0 aliphatic heterocycles. The zero-order valence-electron chi connectivity index (χ0n) is 10.7. The van der Waals surface area contributed by atoms with Crippen LogP contribution in [0.5, 0.6) is 0 Å². The average molecular weight is 248 g/mol. The van der Waals surface area contributed by atoms with Crippen molar-refractivity contribution in [1.82, 2.24) is 20.1 Å². The summed E-state index contributed by atoms with van der Waals surface area (Å²) in [5.41, 5.74) is 1.12. The van der Waals surface area contributed by atoms with Gasteiger partial charge in [0.15, 0.2) is 0 Å². The maximum absolute atomic E-state index is 12.7. The number of benzene rings is 1. The minimum Gasteiger partial charge on any atom is -0.317 e. The molecule has 4 nitrogen and oxygen atoms in total.